The second-order valence-corrected chi connectivity index (χ2v) is 6.75. The summed E-state index contributed by atoms with van der Waals surface area (Å²) in [6, 6.07) is 0.519. The molecule has 0 spiro atoms. The highest BCUT2D eigenvalue weighted by Crippen LogP contribution is 2.39. The first kappa shape index (κ1) is 16.9. The van der Waals surface area contributed by atoms with Crippen molar-refractivity contribution in [1.29, 1.82) is 0 Å². The first-order valence-corrected chi connectivity index (χ1v) is 8.08. The highest BCUT2D eigenvalue weighted by Gasteiger charge is 2.35. The second kappa shape index (κ2) is 8.23. The maximum atomic E-state index is 9.26. The van der Waals surface area contributed by atoms with Crippen LogP contribution in [-0.2, 0) is 0 Å². The van der Waals surface area contributed by atoms with Gasteiger partial charge in [-0.25, -0.2) is 0 Å². The summed E-state index contributed by atoms with van der Waals surface area (Å²) in [5.74, 6) is 0.889. The molecule has 3 nitrogen and oxygen atoms in total. The minimum atomic E-state index is 0.270. The Kier molecular flexibility index (Phi) is 7.33. The average Bonchev–Trinajstić information content (AvgIpc) is 2.39. The second-order valence-electron chi connectivity index (χ2n) is 6.75. The van der Waals surface area contributed by atoms with Crippen molar-refractivity contribution < 1.29 is 5.11 Å². The third-order valence-corrected chi connectivity index (χ3v) is 4.74. The van der Waals surface area contributed by atoms with E-state index in [1.165, 1.54) is 25.7 Å². The Morgan fingerprint density at radius 3 is 2.42 bits per heavy atom. The Balaban J connectivity index is 2.66. The molecule has 0 aromatic carbocycles. The van der Waals surface area contributed by atoms with E-state index in [4.69, 9.17) is 0 Å². The number of hydrogen-bond acceptors (Lipinski definition) is 3. The Morgan fingerprint density at radius 2 is 1.95 bits per heavy atom. The summed E-state index contributed by atoms with van der Waals surface area (Å²) in [6.45, 7) is 13.4. The van der Waals surface area contributed by atoms with Crippen molar-refractivity contribution in [1.82, 2.24) is 10.2 Å². The molecule has 1 rings (SSSR count). The van der Waals surface area contributed by atoms with Gasteiger partial charge in [0.15, 0.2) is 0 Å². The molecule has 114 valence electrons. The van der Waals surface area contributed by atoms with Crippen LogP contribution in [-0.4, -0.2) is 48.8 Å². The molecule has 0 bridgehead atoms. The molecule has 0 radical (unpaired) electrons. The van der Waals surface area contributed by atoms with Gasteiger partial charge in [-0.3, -0.25) is 4.90 Å². The van der Waals surface area contributed by atoms with Crippen LogP contribution < -0.4 is 5.32 Å². The summed E-state index contributed by atoms with van der Waals surface area (Å²) in [7, 11) is 0. The topological polar surface area (TPSA) is 35.5 Å². The Morgan fingerprint density at radius 1 is 1.32 bits per heavy atom. The van der Waals surface area contributed by atoms with Crippen molar-refractivity contribution in [2.75, 3.05) is 32.8 Å². The van der Waals surface area contributed by atoms with E-state index in [0.29, 0.717) is 11.5 Å². The maximum absolute atomic E-state index is 9.26. The standard InChI is InChI=1S/C16H34N2O/c1-5-17-12-16(8-6-15(4)7-9-16)13-18(10-11-19)14(2)3/h14-15,17,19H,5-13H2,1-4H3. The summed E-state index contributed by atoms with van der Waals surface area (Å²) >= 11 is 0. The average molecular weight is 270 g/mol. The van der Waals surface area contributed by atoms with Crippen LogP contribution in [0.2, 0.25) is 0 Å². The minimum absolute atomic E-state index is 0.270. The van der Waals surface area contributed by atoms with Gasteiger partial charge in [0.1, 0.15) is 0 Å². The van der Waals surface area contributed by atoms with Crippen molar-refractivity contribution in [2.24, 2.45) is 11.3 Å². The normalized spacial score (nSPS) is 28.3. The quantitative estimate of drug-likeness (QED) is 0.711. The van der Waals surface area contributed by atoms with Crippen LogP contribution in [0.5, 0.6) is 0 Å². The first-order chi connectivity index (χ1) is 9.03. The van der Waals surface area contributed by atoms with Gasteiger partial charge in [0.25, 0.3) is 0 Å². The van der Waals surface area contributed by atoms with Crippen LogP contribution in [0.25, 0.3) is 0 Å². The van der Waals surface area contributed by atoms with Gasteiger partial charge in [0, 0.05) is 25.7 Å². The van der Waals surface area contributed by atoms with Gasteiger partial charge in [0.05, 0.1) is 6.61 Å². The number of nitrogens with zero attached hydrogens (tertiary/aromatic N) is 1. The number of nitrogens with one attached hydrogen (secondary N) is 1. The zero-order valence-corrected chi connectivity index (χ0v) is 13.4. The lowest BCUT2D eigenvalue weighted by atomic mass is 9.70. The molecule has 1 saturated carbocycles. The van der Waals surface area contributed by atoms with E-state index < -0.39 is 0 Å². The zero-order valence-electron chi connectivity index (χ0n) is 13.4. The predicted molar refractivity (Wildman–Crippen MR) is 82.4 cm³/mol. The van der Waals surface area contributed by atoms with Crippen LogP contribution in [0.4, 0.5) is 0 Å². The largest absolute Gasteiger partial charge is 0.395 e. The van der Waals surface area contributed by atoms with Crippen molar-refractivity contribution in [3.63, 3.8) is 0 Å². The fraction of sp³-hybridized carbons (Fsp3) is 1.00. The van der Waals surface area contributed by atoms with E-state index in [2.05, 4.69) is 37.9 Å². The molecule has 1 aliphatic carbocycles. The highest BCUT2D eigenvalue weighted by atomic mass is 16.3. The lowest BCUT2D eigenvalue weighted by Crippen LogP contribution is -2.48. The van der Waals surface area contributed by atoms with Gasteiger partial charge in [-0.15, -0.1) is 0 Å². The molecule has 19 heavy (non-hydrogen) atoms. The minimum Gasteiger partial charge on any atom is -0.395 e. The highest BCUT2D eigenvalue weighted by molar-refractivity contribution is 4.90. The van der Waals surface area contributed by atoms with Crippen molar-refractivity contribution in [2.45, 2.75) is 59.4 Å². The Hall–Kier alpha value is -0.120. The number of rotatable bonds is 8. The van der Waals surface area contributed by atoms with Crippen molar-refractivity contribution >= 4 is 0 Å². The van der Waals surface area contributed by atoms with Crippen LogP contribution in [0.15, 0.2) is 0 Å². The molecular weight excluding hydrogens is 236 g/mol. The molecule has 0 unspecified atom stereocenters. The van der Waals surface area contributed by atoms with E-state index >= 15 is 0 Å². The summed E-state index contributed by atoms with van der Waals surface area (Å²) in [4.78, 5) is 2.45. The van der Waals surface area contributed by atoms with E-state index in [0.717, 1.165) is 32.1 Å². The predicted octanol–water partition coefficient (Wildman–Crippen LogP) is 2.50. The molecular formula is C16H34N2O. The zero-order chi connectivity index (χ0) is 14.3. The molecule has 0 atom stereocenters. The molecule has 2 N–H and O–H groups in total. The van der Waals surface area contributed by atoms with Crippen LogP contribution in [0.3, 0.4) is 0 Å². The van der Waals surface area contributed by atoms with E-state index in [-0.39, 0.29) is 6.61 Å². The van der Waals surface area contributed by atoms with Gasteiger partial charge in [-0.05, 0) is 44.6 Å². The lowest BCUT2D eigenvalue weighted by molar-refractivity contribution is 0.0600. The first-order valence-electron chi connectivity index (χ1n) is 8.08. The molecule has 0 aromatic rings. The van der Waals surface area contributed by atoms with Gasteiger partial charge in [-0.2, -0.15) is 0 Å². The molecule has 0 aliphatic heterocycles. The monoisotopic (exact) mass is 270 g/mol. The molecule has 0 amide bonds. The van der Waals surface area contributed by atoms with E-state index in [9.17, 15) is 5.11 Å². The molecule has 0 heterocycles. The van der Waals surface area contributed by atoms with E-state index in [1.54, 1.807) is 0 Å². The van der Waals surface area contributed by atoms with E-state index in [1.807, 2.05) is 0 Å². The van der Waals surface area contributed by atoms with Gasteiger partial charge in [-0.1, -0.05) is 26.7 Å². The van der Waals surface area contributed by atoms with Crippen LogP contribution in [0.1, 0.15) is 53.4 Å². The molecule has 1 aliphatic rings. The molecule has 1 fully saturated rings. The molecule has 3 heteroatoms. The number of aliphatic hydroxyl groups is 1. The van der Waals surface area contributed by atoms with Crippen LogP contribution >= 0.6 is 0 Å². The summed E-state index contributed by atoms with van der Waals surface area (Å²) in [6.07, 6.45) is 5.37. The van der Waals surface area contributed by atoms with Gasteiger partial charge in [0.2, 0.25) is 0 Å². The SMILES string of the molecule is CCNCC1(CN(CCO)C(C)C)CCC(C)CC1. The number of hydrogen-bond donors (Lipinski definition) is 2. The number of aliphatic hydroxyl groups excluding tert-OH is 1. The van der Waals surface area contributed by atoms with Crippen LogP contribution in [0, 0.1) is 11.3 Å². The fourth-order valence-corrected chi connectivity index (χ4v) is 3.23. The van der Waals surface area contributed by atoms with Gasteiger partial charge < -0.3 is 10.4 Å². The van der Waals surface area contributed by atoms with Crippen molar-refractivity contribution in [3.05, 3.63) is 0 Å². The molecule has 0 saturated heterocycles. The fourth-order valence-electron chi connectivity index (χ4n) is 3.23. The third kappa shape index (κ3) is 5.41. The van der Waals surface area contributed by atoms with Gasteiger partial charge >= 0.3 is 0 Å². The summed E-state index contributed by atoms with van der Waals surface area (Å²) in [5.41, 5.74) is 0.419. The van der Waals surface area contributed by atoms with Crippen molar-refractivity contribution in [3.8, 4) is 0 Å². The summed E-state index contributed by atoms with van der Waals surface area (Å²) < 4.78 is 0. The smallest absolute Gasteiger partial charge is 0.0558 e. The maximum Gasteiger partial charge on any atom is 0.0558 e. The summed E-state index contributed by atoms with van der Waals surface area (Å²) in [5, 5.41) is 12.8. The Labute approximate surface area is 119 Å². The third-order valence-electron chi connectivity index (χ3n) is 4.74. The molecule has 0 aromatic heterocycles. The Bertz CT molecular complexity index is 229. The lowest BCUT2D eigenvalue weighted by Gasteiger charge is -2.44.